The molecule has 0 aromatic heterocycles. The Labute approximate surface area is 137 Å². The van der Waals surface area contributed by atoms with Gasteiger partial charge in [-0.1, -0.05) is 18.2 Å². The van der Waals surface area contributed by atoms with Gasteiger partial charge in [0.25, 0.3) is 0 Å². The standard InChI is InChI=1S/C18H15F3N2O/c19-13-5-3-6-14(20)12(13)10-22-9-11-8-17(22)18(24)23(11)16-7-2-1-4-15(16)21/h1-7,11,17H,8-10H2/t11-,17-/m0/s1. The molecule has 2 aromatic rings. The molecule has 2 aliphatic heterocycles. The molecule has 0 radical (unpaired) electrons. The average Bonchev–Trinajstić information content (AvgIpc) is 3.09. The summed E-state index contributed by atoms with van der Waals surface area (Å²) in [5, 5.41) is 0. The third-order valence-electron chi connectivity index (χ3n) is 4.80. The minimum atomic E-state index is -0.615. The van der Waals surface area contributed by atoms with Crippen LogP contribution >= 0.6 is 0 Å². The average molecular weight is 332 g/mol. The van der Waals surface area contributed by atoms with Crippen molar-refractivity contribution in [1.82, 2.24) is 4.90 Å². The van der Waals surface area contributed by atoms with Gasteiger partial charge in [0.15, 0.2) is 0 Å². The number of piperazine rings is 1. The lowest BCUT2D eigenvalue weighted by atomic mass is 10.1. The van der Waals surface area contributed by atoms with Crippen molar-refractivity contribution >= 4 is 11.6 Å². The second-order valence-electron chi connectivity index (χ2n) is 6.19. The van der Waals surface area contributed by atoms with E-state index in [4.69, 9.17) is 0 Å². The highest BCUT2D eigenvalue weighted by Crippen LogP contribution is 2.37. The van der Waals surface area contributed by atoms with Crippen molar-refractivity contribution in [2.45, 2.75) is 25.0 Å². The lowest BCUT2D eigenvalue weighted by Crippen LogP contribution is -2.50. The largest absolute Gasteiger partial charge is 0.304 e. The van der Waals surface area contributed by atoms with E-state index in [1.54, 1.807) is 23.1 Å². The Balaban J connectivity index is 1.57. The van der Waals surface area contributed by atoms with Gasteiger partial charge < -0.3 is 4.90 Å². The van der Waals surface area contributed by atoms with Crippen LogP contribution in [-0.2, 0) is 11.3 Å². The molecule has 0 aliphatic carbocycles. The van der Waals surface area contributed by atoms with Gasteiger partial charge in [0, 0.05) is 18.7 Å². The SMILES string of the molecule is O=C1[C@@H]2C[C@@H](CN2Cc2c(F)cccc2F)N1c1ccccc1F. The van der Waals surface area contributed by atoms with Gasteiger partial charge in [-0.3, -0.25) is 9.69 Å². The molecule has 2 saturated heterocycles. The van der Waals surface area contributed by atoms with Crippen molar-refractivity contribution in [2.24, 2.45) is 0 Å². The van der Waals surface area contributed by atoms with E-state index in [9.17, 15) is 18.0 Å². The second-order valence-corrected chi connectivity index (χ2v) is 6.19. The molecular weight excluding hydrogens is 317 g/mol. The summed E-state index contributed by atoms with van der Waals surface area (Å²) >= 11 is 0. The Kier molecular flexibility index (Phi) is 3.57. The van der Waals surface area contributed by atoms with Crippen molar-refractivity contribution in [1.29, 1.82) is 0 Å². The number of para-hydroxylation sites is 1. The predicted molar refractivity (Wildman–Crippen MR) is 82.8 cm³/mol. The number of carbonyl (C=O) groups is 1. The summed E-state index contributed by atoms with van der Waals surface area (Å²) in [5.74, 6) is -1.88. The molecular formula is C18H15F3N2O. The molecule has 1 amide bonds. The van der Waals surface area contributed by atoms with Crippen LogP contribution in [0.1, 0.15) is 12.0 Å². The Morgan fingerprint density at radius 3 is 2.29 bits per heavy atom. The molecule has 3 nitrogen and oxygen atoms in total. The van der Waals surface area contributed by atoms with Crippen LogP contribution in [0.5, 0.6) is 0 Å². The molecule has 2 bridgehead atoms. The lowest BCUT2D eigenvalue weighted by Gasteiger charge is -2.34. The smallest absolute Gasteiger partial charge is 0.244 e. The number of anilines is 1. The molecule has 24 heavy (non-hydrogen) atoms. The molecule has 0 unspecified atom stereocenters. The first-order chi connectivity index (χ1) is 11.6. The van der Waals surface area contributed by atoms with E-state index in [-0.39, 0.29) is 29.7 Å². The van der Waals surface area contributed by atoms with Crippen molar-refractivity contribution in [3.05, 3.63) is 65.5 Å². The number of fused-ring (bicyclic) bond motifs is 2. The molecule has 2 aromatic carbocycles. The molecule has 2 fully saturated rings. The first-order valence-corrected chi connectivity index (χ1v) is 7.81. The zero-order valence-corrected chi connectivity index (χ0v) is 12.8. The van der Waals surface area contributed by atoms with E-state index in [2.05, 4.69) is 0 Å². The summed E-state index contributed by atoms with van der Waals surface area (Å²) < 4.78 is 41.6. The maximum absolute atomic E-state index is 14.0. The van der Waals surface area contributed by atoms with E-state index in [1.165, 1.54) is 29.2 Å². The van der Waals surface area contributed by atoms with E-state index in [0.29, 0.717) is 13.0 Å². The molecule has 0 spiro atoms. The Morgan fingerprint density at radius 2 is 1.62 bits per heavy atom. The van der Waals surface area contributed by atoms with Gasteiger partial charge in [-0.15, -0.1) is 0 Å². The Bertz CT molecular complexity index is 790. The van der Waals surface area contributed by atoms with Gasteiger partial charge in [0.1, 0.15) is 17.5 Å². The highest BCUT2D eigenvalue weighted by Gasteiger charge is 2.50. The molecule has 2 aliphatic rings. The topological polar surface area (TPSA) is 23.6 Å². The van der Waals surface area contributed by atoms with Crippen LogP contribution in [0.4, 0.5) is 18.9 Å². The summed E-state index contributed by atoms with van der Waals surface area (Å²) in [7, 11) is 0. The van der Waals surface area contributed by atoms with E-state index < -0.39 is 23.5 Å². The zero-order valence-electron chi connectivity index (χ0n) is 12.8. The molecule has 4 rings (SSSR count). The quantitative estimate of drug-likeness (QED) is 0.862. The van der Waals surface area contributed by atoms with E-state index in [0.717, 1.165) is 0 Å². The van der Waals surface area contributed by atoms with Crippen molar-refractivity contribution in [3.63, 3.8) is 0 Å². The number of hydrogen-bond acceptors (Lipinski definition) is 2. The number of likely N-dealkylation sites (tertiary alicyclic amines) is 1. The number of amides is 1. The van der Waals surface area contributed by atoms with Gasteiger partial charge in [0.05, 0.1) is 17.8 Å². The van der Waals surface area contributed by atoms with Gasteiger partial charge in [0.2, 0.25) is 5.91 Å². The molecule has 2 atom stereocenters. The van der Waals surface area contributed by atoms with Gasteiger partial charge in [-0.2, -0.15) is 0 Å². The summed E-state index contributed by atoms with van der Waals surface area (Å²) in [6.45, 7) is 0.509. The van der Waals surface area contributed by atoms with Crippen LogP contribution in [0, 0.1) is 17.5 Å². The summed E-state index contributed by atoms with van der Waals surface area (Å²) in [6, 6.07) is 9.25. The first kappa shape index (κ1) is 15.2. The molecule has 124 valence electrons. The van der Waals surface area contributed by atoms with Crippen molar-refractivity contribution in [2.75, 3.05) is 11.4 Å². The van der Waals surface area contributed by atoms with Crippen LogP contribution in [0.2, 0.25) is 0 Å². The third-order valence-corrected chi connectivity index (χ3v) is 4.80. The second kappa shape index (κ2) is 5.63. The summed E-state index contributed by atoms with van der Waals surface area (Å²) in [4.78, 5) is 15.9. The number of rotatable bonds is 3. The maximum Gasteiger partial charge on any atom is 0.244 e. The predicted octanol–water partition coefficient (Wildman–Crippen LogP) is 3.09. The van der Waals surface area contributed by atoms with Gasteiger partial charge in [-0.25, -0.2) is 13.2 Å². The number of benzene rings is 2. The highest BCUT2D eigenvalue weighted by atomic mass is 19.1. The summed E-state index contributed by atoms with van der Waals surface area (Å²) in [6.07, 6.45) is 0.545. The van der Waals surface area contributed by atoms with Crippen molar-refractivity contribution < 1.29 is 18.0 Å². The van der Waals surface area contributed by atoms with Crippen LogP contribution in [-0.4, -0.2) is 29.4 Å². The van der Waals surface area contributed by atoms with Crippen LogP contribution in [0.15, 0.2) is 42.5 Å². The monoisotopic (exact) mass is 332 g/mol. The molecule has 0 saturated carbocycles. The van der Waals surface area contributed by atoms with Gasteiger partial charge in [-0.05, 0) is 30.7 Å². The minimum Gasteiger partial charge on any atom is -0.304 e. The fraction of sp³-hybridized carbons (Fsp3) is 0.278. The van der Waals surface area contributed by atoms with Crippen LogP contribution in [0.3, 0.4) is 0 Å². The number of halogens is 3. The van der Waals surface area contributed by atoms with E-state index >= 15 is 0 Å². The zero-order chi connectivity index (χ0) is 16.8. The molecule has 0 N–H and O–H groups in total. The fourth-order valence-electron chi connectivity index (χ4n) is 3.69. The number of nitrogens with zero attached hydrogens (tertiary/aromatic N) is 2. The third kappa shape index (κ3) is 2.29. The maximum atomic E-state index is 14.0. The van der Waals surface area contributed by atoms with Gasteiger partial charge >= 0.3 is 0 Å². The van der Waals surface area contributed by atoms with Crippen molar-refractivity contribution in [3.8, 4) is 0 Å². The first-order valence-electron chi connectivity index (χ1n) is 7.81. The number of hydrogen-bond donors (Lipinski definition) is 0. The molecule has 6 heteroatoms. The minimum absolute atomic E-state index is 0.0321. The highest BCUT2D eigenvalue weighted by molar-refractivity contribution is 6.01. The van der Waals surface area contributed by atoms with Crippen LogP contribution < -0.4 is 4.90 Å². The Hall–Kier alpha value is -2.34. The fourth-order valence-corrected chi connectivity index (χ4v) is 3.69. The number of carbonyl (C=O) groups excluding carboxylic acids is 1. The lowest BCUT2D eigenvalue weighted by molar-refractivity contribution is -0.122. The van der Waals surface area contributed by atoms with E-state index in [1.807, 2.05) is 0 Å². The van der Waals surface area contributed by atoms with Crippen LogP contribution in [0.25, 0.3) is 0 Å². The Morgan fingerprint density at radius 1 is 0.958 bits per heavy atom. The normalized spacial score (nSPS) is 23.3. The molecule has 2 heterocycles. The summed E-state index contributed by atoms with van der Waals surface area (Å²) in [5.41, 5.74) is 0.238.